The van der Waals surface area contributed by atoms with E-state index in [0.29, 0.717) is 40.6 Å². The zero-order chi connectivity index (χ0) is 24.7. The van der Waals surface area contributed by atoms with E-state index in [1.54, 1.807) is 28.9 Å². The number of rotatable bonds is 3. The number of alkyl halides is 3. The smallest absolute Gasteiger partial charge is 0.336 e. The maximum Gasteiger partial charge on any atom is 0.417 e. The zero-order valence-corrected chi connectivity index (χ0v) is 19.5. The fraction of sp³-hybridized carbons (Fsp3) is 0.217. The first kappa shape index (κ1) is 23.4. The molecule has 1 aliphatic heterocycles. The monoisotopic (exact) mass is 520 g/mol. The number of carbonyl (C=O) groups excluding carboxylic acids is 1. The zero-order valence-electron chi connectivity index (χ0n) is 18.0. The lowest BCUT2D eigenvalue weighted by Crippen LogP contribution is -2.49. The Morgan fingerprint density at radius 1 is 0.943 bits per heavy atom. The minimum atomic E-state index is -4.60. The normalized spacial score (nSPS) is 14.5. The van der Waals surface area contributed by atoms with Gasteiger partial charge in [0.2, 0.25) is 5.95 Å². The third-order valence-electron chi connectivity index (χ3n) is 5.76. The minimum absolute atomic E-state index is 0.230. The van der Waals surface area contributed by atoms with Crippen molar-refractivity contribution >= 4 is 40.8 Å². The molecule has 1 aliphatic rings. The van der Waals surface area contributed by atoms with Crippen LogP contribution in [0.3, 0.4) is 0 Å². The van der Waals surface area contributed by atoms with Crippen LogP contribution in [0.15, 0.2) is 54.7 Å². The van der Waals surface area contributed by atoms with E-state index in [0.717, 1.165) is 11.6 Å². The highest BCUT2D eigenvalue weighted by Gasteiger charge is 2.36. The summed E-state index contributed by atoms with van der Waals surface area (Å²) in [5.41, 5.74) is 0.206. The number of fused-ring (bicyclic) bond motifs is 1. The largest absolute Gasteiger partial charge is 0.417 e. The maximum atomic E-state index is 13.3. The van der Waals surface area contributed by atoms with Crippen LogP contribution < -0.4 is 4.90 Å². The van der Waals surface area contributed by atoms with Crippen LogP contribution in [0.25, 0.3) is 17.0 Å². The fourth-order valence-corrected chi connectivity index (χ4v) is 4.29. The van der Waals surface area contributed by atoms with Gasteiger partial charge in [-0.2, -0.15) is 22.7 Å². The van der Waals surface area contributed by atoms with E-state index in [-0.39, 0.29) is 18.7 Å². The number of piperazine rings is 1. The van der Waals surface area contributed by atoms with E-state index in [2.05, 4.69) is 15.1 Å². The molecule has 4 aromatic rings. The first-order valence-corrected chi connectivity index (χ1v) is 11.4. The summed E-state index contributed by atoms with van der Waals surface area (Å²) in [6, 6.07) is 11.8. The lowest BCUT2D eigenvalue weighted by atomic mass is 10.1. The number of carbonyl (C=O) groups is 1. The number of anilines is 1. The number of aromatic nitrogens is 4. The summed E-state index contributed by atoms with van der Waals surface area (Å²) in [5, 5.41) is 5.42. The van der Waals surface area contributed by atoms with Gasteiger partial charge in [0.05, 0.1) is 26.9 Å². The quantitative estimate of drug-likeness (QED) is 0.377. The fourth-order valence-electron chi connectivity index (χ4n) is 3.99. The number of nitrogens with zero attached hydrogens (tertiary/aromatic N) is 6. The molecule has 0 spiro atoms. The van der Waals surface area contributed by atoms with Crippen LogP contribution in [0.5, 0.6) is 0 Å². The van der Waals surface area contributed by atoms with Crippen LogP contribution in [0.2, 0.25) is 10.0 Å². The Morgan fingerprint density at radius 3 is 2.40 bits per heavy atom. The lowest BCUT2D eigenvalue weighted by molar-refractivity contribution is -0.138. The summed E-state index contributed by atoms with van der Waals surface area (Å²) >= 11 is 12.2. The van der Waals surface area contributed by atoms with E-state index in [1.807, 2.05) is 11.0 Å². The molecule has 0 bridgehead atoms. The van der Waals surface area contributed by atoms with E-state index in [4.69, 9.17) is 23.2 Å². The molecule has 2 aromatic heterocycles. The van der Waals surface area contributed by atoms with Gasteiger partial charge in [0.25, 0.3) is 11.7 Å². The first-order chi connectivity index (χ1) is 16.7. The summed E-state index contributed by atoms with van der Waals surface area (Å²) in [6.45, 7) is 1.18. The Hall–Kier alpha value is -3.37. The van der Waals surface area contributed by atoms with Gasteiger partial charge in [0.1, 0.15) is 0 Å². The van der Waals surface area contributed by atoms with Crippen LogP contribution in [0.4, 0.5) is 19.1 Å². The average Bonchev–Trinajstić information content (AvgIpc) is 3.29. The van der Waals surface area contributed by atoms with Crippen molar-refractivity contribution in [3.63, 3.8) is 0 Å². The standard InChI is InChI=1S/C23H17Cl2F3N6O/c24-17-6-5-14(13-18(17)25)19-7-8-29-21-30-22(31-34(19)21)33-11-9-32(10-12-33)20(35)15-3-1-2-4-16(15)23(26,27)28/h1-8,13H,9-12H2. The van der Waals surface area contributed by atoms with Crippen molar-refractivity contribution in [1.82, 2.24) is 24.5 Å². The van der Waals surface area contributed by atoms with Gasteiger partial charge in [0, 0.05) is 37.9 Å². The Labute approximate surface area is 207 Å². The van der Waals surface area contributed by atoms with E-state index >= 15 is 0 Å². The Morgan fingerprint density at radius 2 is 1.69 bits per heavy atom. The summed E-state index contributed by atoms with van der Waals surface area (Å²) in [6.07, 6.45) is -2.99. The SMILES string of the molecule is O=C(c1ccccc1C(F)(F)F)N1CCN(c2nc3nccc(-c4ccc(Cl)c(Cl)c4)n3n2)CC1. The van der Waals surface area contributed by atoms with Crippen molar-refractivity contribution in [1.29, 1.82) is 0 Å². The Bertz CT molecular complexity index is 1420. The molecule has 0 atom stereocenters. The van der Waals surface area contributed by atoms with Crippen LogP contribution in [0.1, 0.15) is 15.9 Å². The topological polar surface area (TPSA) is 66.6 Å². The molecule has 12 heteroatoms. The van der Waals surface area contributed by atoms with Gasteiger partial charge in [-0.1, -0.05) is 41.4 Å². The van der Waals surface area contributed by atoms with Crippen molar-refractivity contribution < 1.29 is 18.0 Å². The number of amides is 1. The molecule has 0 aliphatic carbocycles. The van der Waals surface area contributed by atoms with E-state index in [1.165, 1.54) is 23.1 Å². The predicted molar refractivity (Wildman–Crippen MR) is 126 cm³/mol. The molecule has 0 saturated carbocycles. The molecule has 5 rings (SSSR count). The Kier molecular flexibility index (Phi) is 6.02. The molecule has 35 heavy (non-hydrogen) atoms. The van der Waals surface area contributed by atoms with Gasteiger partial charge >= 0.3 is 6.18 Å². The van der Waals surface area contributed by atoms with Gasteiger partial charge in [-0.05, 0) is 30.3 Å². The molecule has 0 N–H and O–H groups in total. The summed E-state index contributed by atoms with van der Waals surface area (Å²) in [7, 11) is 0. The first-order valence-electron chi connectivity index (χ1n) is 10.6. The predicted octanol–water partition coefficient (Wildman–Crippen LogP) is 5.08. The second-order valence-corrected chi connectivity index (χ2v) is 8.72. The van der Waals surface area contributed by atoms with Crippen molar-refractivity contribution in [2.24, 2.45) is 0 Å². The molecule has 3 heterocycles. The van der Waals surface area contributed by atoms with Crippen molar-refractivity contribution in [3.05, 3.63) is 75.9 Å². The number of halogens is 5. The maximum absolute atomic E-state index is 13.3. The molecule has 1 amide bonds. The second kappa shape index (κ2) is 9.01. The van der Waals surface area contributed by atoms with Crippen molar-refractivity contribution in [3.8, 4) is 11.3 Å². The average molecular weight is 521 g/mol. The highest BCUT2D eigenvalue weighted by atomic mass is 35.5. The number of benzene rings is 2. The summed E-state index contributed by atoms with van der Waals surface area (Å²) < 4.78 is 41.6. The Balaban J connectivity index is 1.36. The van der Waals surface area contributed by atoms with Crippen LogP contribution in [-0.4, -0.2) is 56.6 Å². The van der Waals surface area contributed by atoms with Gasteiger partial charge in [-0.25, -0.2) is 4.98 Å². The molecule has 0 radical (unpaired) electrons. The van der Waals surface area contributed by atoms with Gasteiger partial charge in [-0.15, -0.1) is 5.10 Å². The van der Waals surface area contributed by atoms with Crippen molar-refractivity contribution in [2.75, 3.05) is 31.1 Å². The van der Waals surface area contributed by atoms with Gasteiger partial charge < -0.3 is 9.80 Å². The molecule has 7 nitrogen and oxygen atoms in total. The minimum Gasteiger partial charge on any atom is -0.336 e. The van der Waals surface area contributed by atoms with Crippen LogP contribution >= 0.6 is 23.2 Å². The number of hydrogen-bond donors (Lipinski definition) is 0. The van der Waals surface area contributed by atoms with E-state index in [9.17, 15) is 18.0 Å². The molecule has 0 unspecified atom stereocenters. The second-order valence-electron chi connectivity index (χ2n) is 7.91. The van der Waals surface area contributed by atoms with Gasteiger partial charge in [0.15, 0.2) is 0 Å². The molecule has 1 saturated heterocycles. The molecule has 1 fully saturated rings. The lowest BCUT2D eigenvalue weighted by Gasteiger charge is -2.34. The highest BCUT2D eigenvalue weighted by molar-refractivity contribution is 6.42. The molecular formula is C23H17Cl2F3N6O. The summed E-state index contributed by atoms with van der Waals surface area (Å²) in [5.74, 6) is 0.137. The van der Waals surface area contributed by atoms with Crippen LogP contribution in [-0.2, 0) is 6.18 Å². The molecule has 180 valence electrons. The van der Waals surface area contributed by atoms with Crippen LogP contribution in [0, 0.1) is 0 Å². The van der Waals surface area contributed by atoms with E-state index < -0.39 is 17.6 Å². The number of hydrogen-bond acceptors (Lipinski definition) is 5. The van der Waals surface area contributed by atoms with Crippen molar-refractivity contribution in [2.45, 2.75) is 6.18 Å². The highest BCUT2D eigenvalue weighted by Crippen LogP contribution is 2.33. The summed E-state index contributed by atoms with van der Waals surface area (Å²) in [4.78, 5) is 24.9. The third kappa shape index (κ3) is 4.51. The third-order valence-corrected chi connectivity index (χ3v) is 6.50. The molecular weight excluding hydrogens is 504 g/mol. The van der Waals surface area contributed by atoms with Gasteiger partial charge in [-0.3, -0.25) is 4.79 Å². The molecule has 2 aromatic carbocycles.